The topological polar surface area (TPSA) is 78.4 Å². The van der Waals surface area contributed by atoms with Crippen LogP contribution in [0.4, 0.5) is 5.69 Å². The van der Waals surface area contributed by atoms with Gasteiger partial charge in [0, 0.05) is 17.8 Å². The lowest BCUT2D eigenvalue weighted by Crippen LogP contribution is -2.32. The van der Waals surface area contributed by atoms with Gasteiger partial charge in [-0.2, -0.15) is 0 Å². The third-order valence-corrected chi connectivity index (χ3v) is 1.85. The van der Waals surface area contributed by atoms with E-state index in [0.29, 0.717) is 0 Å². The Hall–Kier alpha value is -2.21. The smallest absolute Gasteiger partial charge is 0.328 e. The Morgan fingerprint density at radius 2 is 1.82 bits per heavy atom. The molecule has 1 amide bonds. The second-order valence-electron chi connectivity index (χ2n) is 2.98. The quantitative estimate of drug-likeness (QED) is 0.554. The second-order valence-corrected chi connectivity index (χ2v) is 3.39. The molecular weight excluding hydrogens is 240 g/mol. The van der Waals surface area contributed by atoms with Crippen molar-refractivity contribution in [1.82, 2.24) is 5.32 Å². The number of rotatable bonds is 3. The predicted octanol–water partition coefficient (Wildman–Crippen LogP) is 1.14. The van der Waals surface area contributed by atoms with Gasteiger partial charge in [-0.1, -0.05) is 18.2 Å². The van der Waals surface area contributed by atoms with Gasteiger partial charge >= 0.3 is 5.97 Å². The summed E-state index contributed by atoms with van der Waals surface area (Å²) in [5, 5.41) is 13.5. The Kier molecular flexibility index (Phi) is 4.83. The van der Waals surface area contributed by atoms with Crippen LogP contribution in [0, 0.1) is 0 Å². The summed E-state index contributed by atoms with van der Waals surface area (Å²) < 4.78 is 0. The summed E-state index contributed by atoms with van der Waals surface area (Å²) >= 11 is 4.87. The van der Waals surface area contributed by atoms with E-state index in [1.54, 1.807) is 12.1 Å². The molecular formula is C11H10N2O3S. The van der Waals surface area contributed by atoms with E-state index in [1.165, 1.54) is 0 Å². The van der Waals surface area contributed by atoms with E-state index in [-0.39, 0.29) is 5.11 Å². The molecule has 0 bridgehead atoms. The Morgan fingerprint density at radius 3 is 2.41 bits per heavy atom. The molecule has 0 unspecified atom stereocenters. The van der Waals surface area contributed by atoms with E-state index in [2.05, 4.69) is 10.6 Å². The third-order valence-electron chi connectivity index (χ3n) is 1.65. The fourth-order valence-electron chi connectivity index (χ4n) is 0.984. The first-order chi connectivity index (χ1) is 8.08. The maximum atomic E-state index is 11.2. The Labute approximate surface area is 103 Å². The lowest BCUT2D eigenvalue weighted by molar-refractivity contribution is -0.131. The molecule has 0 aliphatic rings. The van der Waals surface area contributed by atoms with Crippen LogP contribution in [-0.4, -0.2) is 22.1 Å². The zero-order valence-corrected chi connectivity index (χ0v) is 9.53. The number of carboxylic acids is 1. The van der Waals surface area contributed by atoms with Crippen LogP contribution in [0.3, 0.4) is 0 Å². The van der Waals surface area contributed by atoms with Crippen molar-refractivity contribution in [3.8, 4) is 0 Å². The number of carbonyl (C=O) groups is 2. The molecule has 1 aromatic rings. The van der Waals surface area contributed by atoms with Crippen LogP contribution in [0.5, 0.6) is 0 Å². The van der Waals surface area contributed by atoms with E-state index in [9.17, 15) is 9.59 Å². The molecule has 1 aromatic carbocycles. The lowest BCUT2D eigenvalue weighted by atomic mass is 10.3. The fraction of sp³-hybridized carbons (Fsp3) is 0. The third kappa shape index (κ3) is 5.43. The number of hydrogen-bond acceptors (Lipinski definition) is 3. The summed E-state index contributed by atoms with van der Waals surface area (Å²) in [6, 6.07) is 9.05. The van der Waals surface area contributed by atoms with Gasteiger partial charge in [-0.25, -0.2) is 4.79 Å². The van der Waals surface area contributed by atoms with Crippen molar-refractivity contribution >= 4 is 34.9 Å². The van der Waals surface area contributed by atoms with Crippen molar-refractivity contribution in [2.24, 2.45) is 0 Å². The predicted molar refractivity (Wildman–Crippen MR) is 67.6 cm³/mol. The van der Waals surface area contributed by atoms with Crippen LogP contribution in [0.15, 0.2) is 42.5 Å². The van der Waals surface area contributed by atoms with Crippen molar-refractivity contribution in [2.45, 2.75) is 0 Å². The van der Waals surface area contributed by atoms with Gasteiger partial charge in [0.1, 0.15) is 0 Å². The van der Waals surface area contributed by atoms with E-state index in [0.717, 1.165) is 17.8 Å². The van der Waals surface area contributed by atoms with Gasteiger partial charge in [-0.3, -0.25) is 10.1 Å². The fourth-order valence-corrected chi connectivity index (χ4v) is 1.20. The normalized spacial score (nSPS) is 9.88. The summed E-state index contributed by atoms with van der Waals surface area (Å²) in [5.74, 6) is -1.79. The van der Waals surface area contributed by atoms with Crippen molar-refractivity contribution in [1.29, 1.82) is 0 Å². The molecule has 17 heavy (non-hydrogen) atoms. The number of carboxylic acid groups (broad SMARTS) is 1. The van der Waals surface area contributed by atoms with Crippen molar-refractivity contribution < 1.29 is 14.7 Å². The van der Waals surface area contributed by atoms with Crippen LogP contribution in [-0.2, 0) is 9.59 Å². The number of nitrogens with one attached hydrogen (secondary N) is 2. The highest BCUT2D eigenvalue weighted by atomic mass is 32.1. The summed E-state index contributed by atoms with van der Waals surface area (Å²) in [6.45, 7) is 0. The van der Waals surface area contributed by atoms with Gasteiger partial charge in [0.2, 0.25) is 5.91 Å². The van der Waals surface area contributed by atoms with Gasteiger partial charge in [0.05, 0.1) is 0 Å². The largest absolute Gasteiger partial charge is 0.478 e. The summed E-state index contributed by atoms with van der Waals surface area (Å²) in [4.78, 5) is 21.3. The highest BCUT2D eigenvalue weighted by molar-refractivity contribution is 7.80. The summed E-state index contributed by atoms with van der Waals surface area (Å²) in [5.41, 5.74) is 0.736. The molecule has 0 fully saturated rings. The average molecular weight is 250 g/mol. The first-order valence-corrected chi connectivity index (χ1v) is 5.07. The highest BCUT2D eigenvalue weighted by Crippen LogP contribution is 2.04. The number of para-hydroxylation sites is 1. The zero-order valence-electron chi connectivity index (χ0n) is 8.71. The highest BCUT2D eigenvalue weighted by Gasteiger charge is 2.01. The summed E-state index contributed by atoms with van der Waals surface area (Å²) in [6.07, 6.45) is 1.63. The molecule has 0 radical (unpaired) electrons. The number of benzene rings is 1. The first kappa shape index (κ1) is 12.9. The van der Waals surface area contributed by atoms with E-state index in [1.807, 2.05) is 18.2 Å². The zero-order chi connectivity index (χ0) is 12.7. The molecule has 0 saturated heterocycles. The number of thiocarbonyl (C=S) groups is 1. The molecule has 0 heterocycles. The Bertz CT molecular complexity index is 457. The maximum absolute atomic E-state index is 11.2. The van der Waals surface area contributed by atoms with Crippen LogP contribution >= 0.6 is 12.2 Å². The van der Waals surface area contributed by atoms with Crippen LogP contribution in [0.1, 0.15) is 0 Å². The van der Waals surface area contributed by atoms with Crippen LogP contribution < -0.4 is 10.6 Å². The van der Waals surface area contributed by atoms with Crippen molar-refractivity contribution in [3.05, 3.63) is 42.5 Å². The molecule has 0 aromatic heterocycles. The number of aliphatic carboxylic acids is 1. The molecule has 0 atom stereocenters. The second kappa shape index (κ2) is 6.39. The van der Waals surface area contributed by atoms with Gasteiger partial charge in [-0.15, -0.1) is 0 Å². The SMILES string of the molecule is O=C(O)/C=C/C(=O)NC(=S)Nc1ccccc1. The molecule has 0 spiro atoms. The number of anilines is 1. The Balaban J connectivity index is 2.45. The average Bonchev–Trinajstić information content (AvgIpc) is 2.27. The van der Waals surface area contributed by atoms with Crippen molar-refractivity contribution in [3.63, 3.8) is 0 Å². The van der Waals surface area contributed by atoms with Crippen molar-refractivity contribution in [2.75, 3.05) is 5.32 Å². The molecule has 0 saturated carbocycles. The standard InChI is InChI=1S/C11H10N2O3S/c14-9(6-7-10(15)16)13-11(17)12-8-4-2-1-3-5-8/h1-7H,(H,15,16)(H2,12,13,14,17)/b7-6+. The molecule has 3 N–H and O–H groups in total. The number of hydrogen-bond donors (Lipinski definition) is 3. The lowest BCUT2D eigenvalue weighted by Gasteiger charge is -2.07. The first-order valence-electron chi connectivity index (χ1n) is 4.66. The molecule has 6 heteroatoms. The van der Waals surface area contributed by atoms with E-state index in [4.69, 9.17) is 17.3 Å². The minimum absolute atomic E-state index is 0.108. The Morgan fingerprint density at radius 1 is 1.18 bits per heavy atom. The monoisotopic (exact) mass is 250 g/mol. The number of amides is 1. The molecule has 1 rings (SSSR count). The molecule has 0 aliphatic carbocycles. The molecule has 5 nitrogen and oxygen atoms in total. The minimum atomic E-state index is -1.19. The van der Waals surface area contributed by atoms with E-state index >= 15 is 0 Å². The van der Waals surface area contributed by atoms with Gasteiger partial charge < -0.3 is 10.4 Å². The van der Waals surface area contributed by atoms with Crippen LogP contribution in [0.25, 0.3) is 0 Å². The van der Waals surface area contributed by atoms with E-state index < -0.39 is 11.9 Å². The van der Waals surface area contributed by atoms with Crippen LogP contribution in [0.2, 0.25) is 0 Å². The van der Waals surface area contributed by atoms with Gasteiger partial charge in [-0.05, 0) is 24.4 Å². The molecule has 88 valence electrons. The summed E-state index contributed by atoms with van der Waals surface area (Å²) in [7, 11) is 0. The van der Waals surface area contributed by atoms with Gasteiger partial charge in [0.25, 0.3) is 0 Å². The maximum Gasteiger partial charge on any atom is 0.328 e. The minimum Gasteiger partial charge on any atom is -0.478 e. The van der Waals surface area contributed by atoms with Gasteiger partial charge in [0.15, 0.2) is 5.11 Å². The molecule has 0 aliphatic heterocycles. The number of carbonyl (C=O) groups excluding carboxylic acids is 1.